The van der Waals surface area contributed by atoms with Gasteiger partial charge < -0.3 is 5.32 Å². The van der Waals surface area contributed by atoms with E-state index in [1.165, 1.54) is 17.7 Å². The van der Waals surface area contributed by atoms with Crippen LogP contribution >= 0.6 is 23.5 Å². The van der Waals surface area contributed by atoms with E-state index in [1.807, 2.05) is 0 Å². The lowest BCUT2D eigenvalue weighted by molar-refractivity contribution is 0.518. The molecule has 1 saturated heterocycles. The summed E-state index contributed by atoms with van der Waals surface area (Å²) in [5.74, 6) is 1.29. The van der Waals surface area contributed by atoms with Gasteiger partial charge in [-0.1, -0.05) is 19.4 Å². The number of allylic oxidation sites excluding steroid dienone is 1. The van der Waals surface area contributed by atoms with Crippen molar-refractivity contribution in [2.45, 2.75) is 55.4 Å². The Morgan fingerprint density at radius 1 is 1.44 bits per heavy atom. The highest BCUT2D eigenvalue weighted by Gasteiger charge is 2.30. The summed E-state index contributed by atoms with van der Waals surface area (Å²) in [5.41, 5.74) is 1.30. The van der Waals surface area contributed by atoms with E-state index in [2.05, 4.69) is 63.2 Å². The summed E-state index contributed by atoms with van der Waals surface area (Å²) in [5, 5.41) is 5.84. The maximum atomic E-state index is 3.99. The average molecular weight is 259 g/mol. The molecule has 4 atom stereocenters. The van der Waals surface area contributed by atoms with Crippen molar-refractivity contribution in [3.05, 3.63) is 12.2 Å². The van der Waals surface area contributed by atoms with Crippen molar-refractivity contribution in [2.75, 3.05) is 12.8 Å². The van der Waals surface area contributed by atoms with Crippen LogP contribution in [0.2, 0.25) is 0 Å². The molecule has 1 rings (SSSR count). The summed E-state index contributed by atoms with van der Waals surface area (Å²) in [6, 6.07) is 0.643. The van der Waals surface area contributed by atoms with E-state index in [0.717, 1.165) is 22.2 Å². The molecule has 0 amide bonds. The molecule has 0 aliphatic carbocycles. The molecule has 16 heavy (non-hydrogen) atoms. The van der Waals surface area contributed by atoms with Gasteiger partial charge in [-0.2, -0.15) is 23.5 Å². The van der Waals surface area contributed by atoms with Gasteiger partial charge in [0, 0.05) is 27.5 Å². The third-order valence-corrected chi connectivity index (χ3v) is 6.83. The Kier molecular flexibility index (Phi) is 6.30. The molecule has 0 aromatic heterocycles. The van der Waals surface area contributed by atoms with Crippen LogP contribution < -0.4 is 5.32 Å². The second-order valence-electron chi connectivity index (χ2n) is 4.81. The standard InChI is InChI=1S/C13H25NS2/c1-9(2)6-7-12(14-5)13-8-15-10(3)11(4)16-13/h10-14H,1,6-8H2,2-5H3. The monoisotopic (exact) mass is 259 g/mol. The first-order chi connectivity index (χ1) is 7.54. The van der Waals surface area contributed by atoms with Crippen LogP contribution in [0.4, 0.5) is 0 Å². The summed E-state index contributed by atoms with van der Waals surface area (Å²) >= 11 is 4.29. The van der Waals surface area contributed by atoms with Gasteiger partial charge in [-0.15, -0.1) is 6.58 Å². The first-order valence-electron chi connectivity index (χ1n) is 6.13. The first kappa shape index (κ1) is 14.5. The van der Waals surface area contributed by atoms with Gasteiger partial charge >= 0.3 is 0 Å². The predicted molar refractivity (Wildman–Crippen MR) is 79.7 cm³/mol. The average Bonchev–Trinajstić information content (AvgIpc) is 2.23. The van der Waals surface area contributed by atoms with Crippen molar-refractivity contribution in [1.82, 2.24) is 5.32 Å². The van der Waals surface area contributed by atoms with Gasteiger partial charge in [0.1, 0.15) is 0 Å². The largest absolute Gasteiger partial charge is 0.316 e. The highest BCUT2D eigenvalue weighted by molar-refractivity contribution is 8.07. The Bertz CT molecular complexity index is 230. The van der Waals surface area contributed by atoms with E-state index in [4.69, 9.17) is 0 Å². The smallest absolute Gasteiger partial charge is 0.0294 e. The van der Waals surface area contributed by atoms with Gasteiger partial charge in [0.05, 0.1) is 0 Å². The van der Waals surface area contributed by atoms with Crippen molar-refractivity contribution < 1.29 is 0 Å². The molecule has 94 valence electrons. The van der Waals surface area contributed by atoms with Crippen molar-refractivity contribution >= 4 is 23.5 Å². The van der Waals surface area contributed by atoms with Crippen molar-refractivity contribution in [1.29, 1.82) is 0 Å². The third-order valence-electron chi connectivity index (χ3n) is 3.28. The molecule has 0 bridgehead atoms. The van der Waals surface area contributed by atoms with Crippen LogP contribution in [0.3, 0.4) is 0 Å². The van der Waals surface area contributed by atoms with Crippen molar-refractivity contribution in [2.24, 2.45) is 0 Å². The molecular formula is C13H25NS2. The zero-order valence-electron chi connectivity index (χ0n) is 11.0. The van der Waals surface area contributed by atoms with Crippen LogP contribution in [0.5, 0.6) is 0 Å². The van der Waals surface area contributed by atoms with Gasteiger partial charge in [-0.05, 0) is 26.8 Å². The Labute approximate surface area is 109 Å². The topological polar surface area (TPSA) is 12.0 Å². The minimum atomic E-state index is 0.643. The lowest BCUT2D eigenvalue weighted by Crippen LogP contribution is -2.41. The molecule has 0 spiro atoms. The molecule has 4 unspecified atom stereocenters. The normalized spacial score (nSPS) is 32.4. The van der Waals surface area contributed by atoms with Crippen LogP contribution in [0, 0.1) is 0 Å². The maximum absolute atomic E-state index is 3.99. The Morgan fingerprint density at radius 3 is 2.62 bits per heavy atom. The third kappa shape index (κ3) is 4.34. The summed E-state index contributed by atoms with van der Waals surface area (Å²) in [6.07, 6.45) is 2.38. The number of thioether (sulfide) groups is 2. The molecule has 0 saturated carbocycles. The fraction of sp³-hybridized carbons (Fsp3) is 0.846. The SMILES string of the molecule is C=C(C)CCC(NC)C1CSC(C)C(C)S1. The fourth-order valence-corrected chi connectivity index (χ4v) is 5.15. The zero-order valence-corrected chi connectivity index (χ0v) is 12.6. The van der Waals surface area contributed by atoms with Crippen LogP contribution in [0.15, 0.2) is 12.2 Å². The van der Waals surface area contributed by atoms with E-state index in [-0.39, 0.29) is 0 Å². The van der Waals surface area contributed by atoms with Gasteiger partial charge in [0.15, 0.2) is 0 Å². The number of hydrogen-bond donors (Lipinski definition) is 1. The van der Waals surface area contributed by atoms with Crippen LogP contribution in [-0.2, 0) is 0 Å². The van der Waals surface area contributed by atoms with Gasteiger partial charge in [0.2, 0.25) is 0 Å². The number of hydrogen-bond acceptors (Lipinski definition) is 3. The summed E-state index contributed by atoms with van der Waals surface area (Å²) in [6.45, 7) is 10.8. The van der Waals surface area contributed by atoms with Crippen LogP contribution in [0.25, 0.3) is 0 Å². The molecule has 0 aromatic carbocycles. The molecule has 1 N–H and O–H groups in total. The first-order valence-corrected chi connectivity index (χ1v) is 8.12. The summed E-state index contributed by atoms with van der Waals surface area (Å²) in [7, 11) is 2.09. The van der Waals surface area contributed by atoms with Gasteiger partial charge in [0.25, 0.3) is 0 Å². The van der Waals surface area contributed by atoms with Crippen LogP contribution in [-0.4, -0.2) is 34.6 Å². The minimum Gasteiger partial charge on any atom is -0.316 e. The van der Waals surface area contributed by atoms with E-state index < -0.39 is 0 Å². The molecule has 1 heterocycles. The van der Waals surface area contributed by atoms with Crippen molar-refractivity contribution in [3.8, 4) is 0 Å². The molecule has 1 aliphatic rings. The molecular weight excluding hydrogens is 234 g/mol. The molecule has 3 heteroatoms. The Balaban J connectivity index is 2.43. The maximum Gasteiger partial charge on any atom is 0.0294 e. The highest BCUT2D eigenvalue weighted by Crippen LogP contribution is 2.37. The number of nitrogens with one attached hydrogen (secondary N) is 1. The second-order valence-corrected chi connectivity index (χ2v) is 7.84. The second kappa shape index (κ2) is 6.97. The lowest BCUT2D eigenvalue weighted by Gasteiger charge is -2.36. The molecule has 1 aliphatic heterocycles. The summed E-state index contributed by atoms with van der Waals surface area (Å²) in [4.78, 5) is 0. The van der Waals surface area contributed by atoms with Gasteiger partial charge in [-0.25, -0.2) is 0 Å². The van der Waals surface area contributed by atoms with Crippen LogP contribution in [0.1, 0.15) is 33.6 Å². The van der Waals surface area contributed by atoms with E-state index in [0.29, 0.717) is 6.04 Å². The highest BCUT2D eigenvalue weighted by atomic mass is 32.2. The molecule has 0 radical (unpaired) electrons. The van der Waals surface area contributed by atoms with Gasteiger partial charge in [-0.3, -0.25) is 0 Å². The molecule has 0 aromatic rings. The van der Waals surface area contributed by atoms with E-state index in [9.17, 15) is 0 Å². The van der Waals surface area contributed by atoms with Crippen molar-refractivity contribution in [3.63, 3.8) is 0 Å². The predicted octanol–water partition coefficient (Wildman–Crippen LogP) is 3.56. The number of rotatable bonds is 5. The fourth-order valence-electron chi connectivity index (χ4n) is 1.94. The van der Waals surface area contributed by atoms with E-state index in [1.54, 1.807) is 0 Å². The molecule has 1 nitrogen and oxygen atoms in total. The lowest BCUT2D eigenvalue weighted by atomic mass is 10.1. The Hall–Kier alpha value is 0.400. The molecule has 1 fully saturated rings. The Morgan fingerprint density at radius 2 is 2.12 bits per heavy atom. The summed E-state index contributed by atoms with van der Waals surface area (Å²) < 4.78 is 0. The minimum absolute atomic E-state index is 0.643. The van der Waals surface area contributed by atoms with E-state index >= 15 is 0 Å². The zero-order chi connectivity index (χ0) is 12.1. The quantitative estimate of drug-likeness (QED) is 0.758.